The first kappa shape index (κ1) is 22.6. The van der Waals surface area contributed by atoms with Gasteiger partial charge in [-0.05, 0) is 80.7 Å². The molecule has 10 heteroatoms. The fourth-order valence-corrected chi connectivity index (χ4v) is 5.66. The number of ether oxygens (including phenoxy) is 1. The number of amides is 2. The SMILES string of the molecule is C#CCOc1c(I)cc(/C=C2/SC(=O)N(Cc3ccccc3[N+](=O)[O-])C2=O)cc1I. The maximum atomic E-state index is 12.8. The number of imide groups is 1. The Bertz CT molecular complexity index is 1100. The molecule has 0 aromatic heterocycles. The van der Waals surface area contributed by atoms with Crippen molar-refractivity contribution in [2.75, 3.05) is 6.61 Å². The van der Waals surface area contributed by atoms with Gasteiger partial charge in [0.15, 0.2) is 0 Å². The van der Waals surface area contributed by atoms with Gasteiger partial charge >= 0.3 is 0 Å². The highest BCUT2D eigenvalue weighted by Crippen LogP contribution is 2.36. The van der Waals surface area contributed by atoms with Crippen LogP contribution in [0.25, 0.3) is 6.08 Å². The summed E-state index contributed by atoms with van der Waals surface area (Å²) in [5.74, 6) is 2.59. The number of carbonyl (C=O) groups excluding carboxylic acids is 2. The van der Waals surface area contributed by atoms with Crippen LogP contribution in [0.5, 0.6) is 5.75 Å². The van der Waals surface area contributed by atoms with E-state index in [1.54, 1.807) is 12.1 Å². The van der Waals surface area contributed by atoms with Crippen molar-refractivity contribution in [3.63, 3.8) is 0 Å². The van der Waals surface area contributed by atoms with E-state index in [-0.39, 0.29) is 23.7 Å². The van der Waals surface area contributed by atoms with Crippen LogP contribution in [0.1, 0.15) is 11.1 Å². The summed E-state index contributed by atoms with van der Waals surface area (Å²) in [6.45, 7) is -0.0110. The van der Waals surface area contributed by atoms with Crippen LogP contribution in [0, 0.1) is 29.6 Å². The molecule has 0 unspecified atom stereocenters. The van der Waals surface area contributed by atoms with E-state index in [9.17, 15) is 19.7 Å². The average Bonchev–Trinajstić information content (AvgIpc) is 2.95. The molecule has 0 aliphatic carbocycles. The van der Waals surface area contributed by atoms with Crippen LogP contribution in [0.4, 0.5) is 10.5 Å². The van der Waals surface area contributed by atoms with Crippen LogP contribution in [-0.2, 0) is 11.3 Å². The van der Waals surface area contributed by atoms with Gasteiger partial charge in [0.25, 0.3) is 16.8 Å². The largest absolute Gasteiger partial charge is 0.479 e. The van der Waals surface area contributed by atoms with Crippen molar-refractivity contribution < 1.29 is 19.2 Å². The van der Waals surface area contributed by atoms with E-state index >= 15 is 0 Å². The summed E-state index contributed by atoms with van der Waals surface area (Å²) in [5, 5.41) is 10.7. The molecular formula is C20H12I2N2O5S. The molecule has 152 valence electrons. The highest BCUT2D eigenvalue weighted by atomic mass is 127. The molecule has 0 radical (unpaired) electrons. The van der Waals surface area contributed by atoms with E-state index in [0.717, 1.165) is 29.4 Å². The van der Waals surface area contributed by atoms with Gasteiger partial charge in [-0.15, -0.1) is 6.42 Å². The third-order valence-corrected chi connectivity index (χ3v) is 6.52. The molecule has 0 bridgehead atoms. The quantitative estimate of drug-likeness (QED) is 0.144. The van der Waals surface area contributed by atoms with Crippen LogP contribution in [0.3, 0.4) is 0 Å². The smallest absolute Gasteiger partial charge is 0.293 e. The Morgan fingerprint density at radius 1 is 1.23 bits per heavy atom. The molecular weight excluding hydrogens is 634 g/mol. The molecule has 2 aromatic carbocycles. The number of para-hydroxylation sites is 1. The summed E-state index contributed by atoms with van der Waals surface area (Å²) in [5.41, 5.74) is 0.894. The number of nitrogens with zero attached hydrogens (tertiary/aromatic N) is 2. The van der Waals surface area contributed by atoms with Crippen molar-refractivity contribution in [3.05, 3.63) is 69.7 Å². The minimum Gasteiger partial charge on any atom is -0.479 e. The van der Waals surface area contributed by atoms with Crippen LogP contribution in [0.2, 0.25) is 0 Å². The molecule has 0 spiro atoms. The second-order valence-electron chi connectivity index (χ2n) is 5.96. The van der Waals surface area contributed by atoms with Gasteiger partial charge in [-0.3, -0.25) is 24.6 Å². The Balaban J connectivity index is 1.86. The summed E-state index contributed by atoms with van der Waals surface area (Å²) in [7, 11) is 0. The predicted octanol–water partition coefficient (Wildman–Crippen LogP) is 5.05. The molecule has 7 nitrogen and oxygen atoms in total. The van der Waals surface area contributed by atoms with Gasteiger partial charge < -0.3 is 4.74 Å². The van der Waals surface area contributed by atoms with Gasteiger partial charge in [0.2, 0.25) is 0 Å². The molecule has 2 amide bonds. The molecule has 30 heavy (non-hydrogen) atoms. The van der Waals surface area contributed by atoms with Crippen molar-refractivity contribution in [2.24, 2.45) is 0 Å². The lowest BCUT2D eigenvalue weighted by atomic mass is 10.1. The summed E-state index contributed by atoms with van der Waals surface area (Å²) in [6, 6.07) is 9.69. The number of rotatable bonds is 6. The third-order valence-electron chi connectivity index (χ3n) is 4.01. The van der Waals surface area contributed by atoms with Crippen molar-refractivity contribution in [3.8, 4) is 18.1 Å². The Morgan fingerprint density at radius 2 is 1.90 bits per heavy atom. The number of terminal acetylenes is 1. The molecule has 1 saturated heterocycles. The molecule has 0 saturated carbocycles. The fourth-order valence-electron chi connectivity index (χ4n) is 2.70. The lowest BCUT2D eigenvalue weighted by molar-refractivity contribution is -0.385. The van der Waals surface area contributed by atoms with Gasteiger partial charge in [0.05, 0.1) is 23.5 Å². The highest BCUT2D eigenvalue weighted by Gasteiger charge is 2.36. The number of nitro groups is 1. The minimum absolute atomic E-state index is 0.132. The first-order valence-corrected chi connectivity index (χ1v) is 11.3. The van der Waals surface area contributed by atoms with Crippen LogP contribution in [0.15, 0.2) is 41.3 Å². The lowest BCUT2D eigenvalue weighted by Gasteiger charge is -2.12. The second-order valence-corrected chi connectivity index (χ2v) is 9.28. The number of halogens is 2. The maximum absolute atomic E-state index is 12.8. The summed E-state index contributed by atoms with van der Waals surface area (Å²) < 4.78 is 7.17. The topological polar surface area (TPSA) is 89.8 Å². The van der Waals surface area contributed by atoms with E-state index in [0.29, 0.717) is 11.3 Å². The molecule has 0 N–H and O–H groups in total. The average molecular weight is 646 g/mol. The molecule has 1 heterocycles. The van der Waals surface area contributed by atoms with Crippen molar-refractivity contribution in [1.82, 2.24) is 4.90 Å². The molecule has 3 rings (SSSR count). The van der Waals surface area contributed by atoms with Gasteiger partial charge in [0, 0.05) is 11.6 Å². The zero-order valence-electron chi connectivity index (χ0n) is 15.1. The number of nitro benzene ring substituents is 1. The maximum Gasteiger partial charge on any atom is 0.293 e. The normalized spacial score (nSPS) is 14.8. The van der Waals surface area contributed by atoms with E-state index in [4.69, 9.17) is 11.2 Å². The Kier molecular flexibility index (Phi) is 7.37. The monoisotopic (exact) mass is 646 g/mol. The Labute approximate surface area is 203 Å². The zero-order valence-corrected chi connectivity index (χ0v) is 20.3. The fraction of sp³-hybridized carbons (Fsp3) is 0.100. The lowest BCUT2D eigenvalue weighted by Crippen LogP contribution is -2.27. The number of hydrogen-bond donors (Lipinski definition) is 0. The molecule has 1 aliphatic heterocycles. The number of benzene rings is 2. The van der Waals surface area contributed by atoms with Crippen LogP contribution >= 0.6 is 56.9 Å². The Morgan fingerprint density at radius 3 is 2.53 bits per heavy atom. The van der Waals surface area contributed by atoms with Crippen molar-refractivity contribution in [1.29, 1.82) is 0 Å². The second kappa shape index (κ2) is 9.80. The minimum atomic E-state index is -0.530. The highest BCUT2D eigenvalue weighted by molar-refractivity contribution is 14.1. The standard InChI is InChI=1S/C20H12I2N2O5S/c1-2-7-29-18-14(21)8-12(9-15(18)22)10-17-19(25)23(20(26)30-17)11-13-5-3-4-6-16(13)24(27)28/h1,3-6,8-10H,7,11H2/b17-10+. The van der Waals surface area contributed by atoms with Crippen molar-refractivity contribution in [2.45, 2.75) is 6.54 Å². The first-order valence-electron chi connectivity index (χ1n) is 8.34. The number of carbonyl (C=O) groups is 2. The Hall–Kier alpha value is -2.11. The molecule has 2 aromatic rings. The van der Waals surface area contributed by atoms with E-state index in [1.165, 1.54) is 18.2 Å². The number of hydrogen-bond acceptors (Lipinski definition) is 6. The van der Waals surface area contributed by atoms with E-state index < -0.39 is 16.1 Å². The van der Waals surface area contributed by atoms with Crippen LogP contribution in [-0.4, -0.2) is 27.6 Å². The van der Waals surface area contributed by atoms with E-state index in [2.05, 4.69) is 51.1 Å². The first-order chi connectivity index (χ1) is 14.3. The molecule has 1 aliphatic rings. The third kappa shape index (κ3) is 4.96. The van der Waals surface area contributed by atoms with Gasteiger partial charge in [-0.2, -0.15) is 0 Å². The summed E-state index contributed by atoms with van der Waals surface area (Å²) in [4.78, 5) is 37.1. The van der Waals surface area contributed by atoms with Crippen molar-refractivity contribution >= 4 is 79.9 Å². The van der Waals surface area contributed by atoms with Gasteiger partial charge in [-0.1, -0.05) is 24.1 Å². The van der Waals surface area contributed by atoms with E-state index in [1.807, 2.05) is 12.1 Å². The summed E-state index contributed by atoms with van der Waals surface area (Å²) >= 11 is 5.04. The zero-order chi connectivity index (χ0) is 21.8. The van der Waals surface area contributed by atoms with Crippen LogP contribution < -0.4 is 4.74 Å². The van der Waals surface area contributed by atoms with Gasteiger partial charge in [-0.25, -0.2) is 0 Å². The van der Waals surface area contributed by atoms with Gasteiger partial charge in [0.1, 0.15) is 12.4 Å². The number of thioether (sulfide) groups is 1. The molecule has 1 fully saturated rings. The molecule has 0 atom stereocenters. The summed E-state index contributed by atoms with van der Waals surface area (Å²) in [6.07, 6.45) is 6.86. The predicted molar refractivity (Wildman–Crippen MR) is 131 cm³/mol.